The molecule has 17 heavy (non-hydrogen) atoms. The zero-order valence-electron chi connectivity index (χ0n) is 10.7. The molecule has 0 aliphatic heterocycles. The number of nitrogens with zero attached hydrogens (tertiary/aromatic N) is 3. The average Bonchev–Trinajstić information content (AvgIpc) is 2.29. The third kappa shape index (κ3) is 4.36. The number of hydrogen-bond acceptors (Lipinski definition) is 5. The Morgan fingerprint density at radius 3 is 2.82 bits per heavy atom. The van der Waals surface area contributed by atoms with Crippen LogP contribution in [0.1, 0.15) is 13.8 Å². The summed E-state index contributed by atoms with van der Waals surface area (Å²) >= 11 is 6.05. The number of hydrogen-bond donors (Lipinski definition) is 1. The number of nitrogens with one attached hydrogen (secondary N) is 1. The first-order valence-electron chi connectivity index (χ1n) is 5.55. The highest BCUT2D eigenvalue weighted by molar-refractivity contribution is 6.32. The highest BCUT2D eigenvalue weighted by atomic mass is 35.5. The molecule has 5 nitrogen and oxygen atoms in total. The number of ether oxygens (including phenoxy) is 1. The first-order chi connectivity index (χ1) is 8.04. The Morgan fingerprint density at radius 1 is 1.53 bits per heavy atom. The first-order valence-corrected chi connectivity index (χ1v) is 5.93. The van der Waals surface area contributed by atoms with E-state index in [0.29, 0.717) is 22.9 Å². The van der Waals surface area contributed by atoms with Gasteiger partial charge in [-0.15, -0.1) is 0 Å². The van der Waals surface area contributed by atoms with Crippen LogP contribution in [0.3, 0.4) is 0 Å². The van der Waals surface area contributed by atoms with Crippen molar-refractivity contribution in [3.8, 4) is 6.01 Å². The molecule has 1 heterocycles. The molecule has 0 unspecified atom stereocenters. The summed E-state index contributed by atoms with van der Waals surface area (Å²) in [6, 6.07) is 0.798. The van der Waals surface area contributed by atoms with Gasteiger partial charge in [0.15, 0.2) is 5.82 Å². The smallest absolute Gasteiger partial charge is 0.318 e. The van der Waals surface area contributed by atoms with E-state index in [1.54, 1.807) is 6.20 Å². The van der Waals surface area contributed by atoms with Crippen molar-refractivity contribution in [1.82, 2.24) is 15.3 Å². The summed E-state index contributed by atoms with van der Waals surface area (Å²) in [5.74, 6) is 0.684. The molecule has 1 aromatic rings. The van der Waals surface area contributed by atoms with Gasteiger partial charge in [-0.1, -0.05) is 25.4 Å². The molecule has 0 amide bonds. The average molecular weight is 259 g/mol. The standard InChI is InChI=1S/C11H19ClN4O/c1-8(2)13-5-6-16(3)10-9(12)7-14-11(15-10)17-4/h7-8,13H,5-6H2,1-4H3. The maximum Gasteiger partial charge on any atom is 0.318 e. The fraction of sp³-hybridized carbons (Fsp3) is 0.636. The van der Waals surface area contributed by atoms with Gasteiger partial charge in [0.05, 0.1) is 13.3 Å². The lowest BCUT2D eigenvalue weighted by Crippen LogP contribution is -2.33. The Balaban J connectivity index is 2.64. The van der Waals surface area contributed by atoms with E-state index in [9.17, 15) is 0 Å². The molecular formula is C11H19ClN4O. The summed E-state index contributed by atoms with van der Waals surface area (Å²) in [7, 11) is 3.48. The van der Waals surface area contributed by atoms with Crippen molar-refractivity contribution in [3.05, 3.63) is 11.2 Å². The second-order valence-electron chi connectivity index (χ2n) is 4.06. The molecule has 1 rings (SSSR count). The normalized spacial score (nSPS) is 10.7. The van der Waals surface area contributed by atoms with E-state index in [4.69, 9.17) is 16.3 Å². The van der Waals surface area contributed by atoms with Crippen LogP contribution in [-0.4, -0.2) is 43.3 Å². The van der Waals surface area contributed by atoms with Gasteiger partial charge in [-0.05, 0) is 0 Å². The van der Waals surface area contributed by atoms with Crippen LogP contribution in [-0.2, 0) is 0 Å². The van der Waals surface area contributed by atoms with Crippen molar-refractivity contribution < 1.29 is 4.74 Å². The molecule has 0 saturated heterocycles. The fourth-order valence-corrected chi connectivity index (χ4v) is 1.57. The van der Waals surface area contributed by atoms with E-state index < -0.39 is 0 Å². The first kappa shape index (κ1) is 14.0. The maximum atomic E-state index is 6.05. The second-order valence-corrected chi connectivity index (χ2v) is 4.47. The van der Waals surface area contributed by atoms with E-state index in [0.717, 1.165) is 13.1 Å². The van der Waals surface area contributed by atoms with Crippen LogP contribution in [0.4, 0.5) is 5.82 Å². The summed E-state index contributed by atoms with van der Waals surface area (Å²) in [5, 5.41) is 3.86. The molecular weight excluding hydrogens is 240 g/mol. The maximum absolute atomic E-state index is 6.05. The summed E-state index contributed by atoms with van der Waals surface area (Å²) in [6.45, 7) is 5.91. The van der Waals surface area contributed by atoms with Gasteiger partial charge in [-0.25, -0.2) is 4.98 Å². The van der Waals surface area contributed by atoms with Gasteiger partial charge in [0.2, 0.25) is 0 Å². The van der Waals surface area contributed by atoms with Crippen LogP contribution in [0.2, 0.25) is 5.02 Å². The van der Waals surface area contributed by atoms with Crippen LogP contribution >= 0.6 is 11.6 Å². The molecule has 96 valence electrons. The number of anilines is 1. The van der Waals surface area contributed by atoms with Gasteiger partial charge in [-0.2, -0.15) is 4.98 Å². The summed E-state index contributed by atoms with van der Waals surface area (Å²) in [4.78, 5) is 10.1. The third-order valence-corrected chi connectivity index (χ3v) is 2.51. The third-order valence-electron chi connectivity index (χ3n) is 2.25. The van der Waals surface area contributed by atoms with Crippen molar-refractivity contribution in [2.24, 2.45) is 0 Å². The van der Waals surface area contributed by atoms with E-state index in [2.05, 4.69) is 29.1 Å². The summed E-state index contributed by atoms with van der Waals surface area (Å²) < 4.78 is 4.98. The number of halogens is 1. The summed E-state index contributed by atoms with van der Waals surface area (Å²) in [5.41, 5.74) is 0. The van der Waals surface area contributed by atoms with Crippen LogP contribution in [0.15, 0.2) is 6.20 Å². The lowest BCUT2D eigenvalue weighted by molar-refractivity contribution is 0.380. The molecule has 0 spiro atoms. The quantitative estimate of drug-likeness (QED) is 0.840. The topological polar surface area (TPSA) is 50.3 Å². The molecule has 0 atom stereocenters. The summed E-state index contributed by atoms with van der Waals surface area (Å²) in [6.07, 6.45) is 1.55. The van der Waals surface area contributed by atoms with Crippen molar-refractivity contribution in [3.63, 3.8) is 0 Å². The molecule has 0 saturated carbocycles. The fourth-order valence-electron chi connectivity index (χ4n) is 1.34. The van der Waals surface area contributed by atoms with Gasteiger partial charge >= 0.3 is 6.01 Å². The zero-order valence-corrected chi connectivity index (χ0v) is 11.5. The number of likely N-dealkylation sites (N-methyl/N-ethyl adjacent to an activating group) is 1. The Kier molecular flexibility index (Phi) is 5.44. The van der Waals surface area contributed by atoms with Gasteiger partial charge in [0.1, 0.15) is 5.02 Å². The van der Waals surface area contributed by atoms with Crippen molar-refractivity contribution in [2.75, 3.05) is 32.1 Å². The number of methoxy groups -OCH3 is 1. The van der Waals surface area contributed by atoms with Crippen molar-refractivity contribution in [1.29, 1.82) is 0 Å². The van der Waals surface area contributed by atoms with E-state index in [1.165, 1.54) is 7.11 Å². The van der Waals surface area contributed by atoms with Crippen LogP contribution in [0.5, 0.6) is 6.01 Å². The van der Waals surface area contributed by atoms with Crippen LogP contribution < -0.4 is 15.0 Å². The zero-order chi connectivity index (χ0) is 12.8. The van der Waals surface area contributed by atoms with E-state index in [-0.39, 0.29) is 0 Å². The van der Waals surface area contributed by atoms with Gasteiger partial charge < -0.3 is 15.0 Å². The van der Waals surface area contributed by atoms with Gasteiger partial charge in [0, 0.05) is 26.2 Å². The lowest BCUT2D eigenvalue weighted by atomic mass is 10.4. The minimum Gasteiger partial charge on any atom is -0.467 e. The Morgan fingerprint density at radius 2 is 2.24 bits per heavy atom. The van der Waals surface area contributed by atoms with Gasteiger partial charge in [-0.3, -0.25) is 0 Å². The minimum atomic E-state index is 0.327. The molecule has 6 heteroatoms. The second kappa shape index (κ2) is 6.61. The SMILES string of the molecule is COc1ncc(Cl)c(N(C)CCNC(C)C)n1. The highest BCUT2D eigenvalue weighted by Gasteiger charge is 2.10. The largest absolute Gasteiger partial charge is 0.467 e. The van der Waals surface area contributed by atoms with E-state index >= 15 is 0 Å². The van der Waals surface area contributed by atoms with Crippen molar-refractivity contribution >= 4 is 17.4 Å². The Bertz CT molecular complexity index is 359. The monoisotopic (exact) mass is 258 g/mol. The Hall–Kier alpha value is -1.07. The minimum absolute atomic E-state index is 0.327. The predicted molar refractivity (Wildman–Crippen MR) is 70.0 cm³/mol. The molecule has 0 radical (unpaired) electrons. The van der Waals surface area contributed by atoms with E-state index in [1.807, 2.05) is 11.9 Å². The number of rotatable bonds is 6. The molecule has 0 aromatic carbocycles. The highest BCUT2D eigenvalue weighted by Crippen LogP contribution is 2.22. The van der Waals surface area contributed by atoms with Crippen LogP contribution in [0, 0.1) is 0 Å². The van der Waals surface area contributed by atoms with Crippen molar-refractivity contribution in [2.45, 2.75) is 19.9 Å². The molecule has 0 aliphatic carbocycles. The molecule has 0 bridgehead atoms. The molecule has 1 aromatic heterocycles. The molecule has 0 aliphatic rings. The lowest BCUT2D eigenvalue weighted by Gasteiger charge is -2.20. The molecule has 1 N–H and O–H groups in total. The Labute approximate surface area is 107 Å². The predicted octanol–water partition coefficient (Wildman–Crippen LogP) is 1.57. The van der Waals surface area contributed by atoms with Crippen LogP contribution in [0.25, 0.3) is 0 Å². The van der Waals surface area contributed by atoms with Gasteiger partial charge in [0.25, 0.3) is 0 Å². The number of aromatic nitrogens is 2. The molecule has 0 fully saturated rings.